The van der Waals surface area contributed by atoms with Crippen LogP contribution in [0.15, 0.2) is 18.2 Å². The molecule has 1 aromatic carbocycles. The highest BCUT2D eigenvalue weighted by molar-refractivity contribution is 6.30. The van der Waals surface area contributed by atoms with Crippen molar-refractivity contribution in [3.8, 4) is 0 Å². The van der Waals surface area contributed by atoms with Crippen LogP contribution in [0, 0.1) is 18.8 Å². The summed E-state index contributed by atoms with van der Waals surface area (Å²) in [5, 5.41) is 3.73. The maximum absolute atomic E-state index is 12.5. The van der Waals surface area contributed by atoms with Gasteiger partial charge < -0.3 is 10.2 Å². The van der Waals surface area contributed by atoms with Gasteiger partial charge in [0, 0.05) is 23.8 Å². The molecule has 0 aromatic heterocycles. The first-order valence-electron chi connectivity index (χ1n) is 7.95. The lowest BCUT2D eigenvalue weighted by Crippen LogP contribution is -2.46. The summed E-state index contributed by atoms with van der Waals surface area (Å²) in [6, 6.07) is 5.61. The Morgan fingerprint density at radius 3 is 2.76 bits per heavy atom. The van der Waals surface area contributed by atoms with E-state index < -0.39 is 0 Å². The number of hydrogen-bond donors (Lipinski definition) is 1. The molecule has 4 heteroatoms. The van der Waals surface area contributed by atoms with Crippen LogP contribution < -0.4 is 5.32 Å². The molecule has 1 saturated carbocycles. The molecule has 1 heterocycles. The fourth-order valence-corrected chi connectivity index (χ4v) is 3.97. The predicted molar refractivity (Wildman–Crippen MR) is 86.8 cm³/mol. The first kappa shape index (κ1) is 14.7. The van der Waals surface area contributed by atoms with E-state index in [2.05, 4.69) is 5.32 Å². The summed E-state index contributed by atoms with van der Waals surface area (Å²) in [6.07, 6.45) is 6.51. The van der Waals surface area contributed by atoms with Crippen LogP contribution in [0.5, 0.6) is 0 Å². The number of likely N-dealkylation sites (tertiary alicyclic amines) is 1. The van der Waals surface area contributed by atoms with Crippen LogP contribution >= 0.6 is 11.6 Å². The van der Waals surface area contributed by atoms with E-state index in [0.717, 1.165) is 36.7 Å². The molecule has 1 aromatic rings. The smallest absolute Gasteiger partial charge is 0.321 e. The Kier molecular flexibility index (Phi) is 4.39. The van der Waals surface area contributed by atoms with Crippen molar-refractivity contribution in [1.29, 1.82) is 0 Å². The number of fused-ring (bicyclic) bond motifs is 1. The molecule has 21 heavy (non-hydrogen) atoms. The van der Waals surface area contributed by atoms with E-state index in [1.54, 1.807) is 0 Å². The predicted octanol–water partition coefficient (Wildman–Crippen LogP) is 4.69. The van der Waals surface area contributed by atoms with Crippen molar-refractivity contribution in [2.75, 3.05) is 18.4 Å². The summed E-state index contributed by atoms with van der Waals surface area (Å²) in [7, 11) is 0. The zero-order valence-electron chi connectivity index (χ0n) is 12.6. The van der Waals surface area contributed by atoms with E-state index >= 15 is 0 Å². The zero-order chi connectivity index (χ0) is 14.8. The number of hydrogen-bond acceptors (Lipinski definition) is 1. The molecule has 3 nitrogen and oxygen atoms in total. The van der Waals surface area contributed by atoms with Gasteiger partial charge in [-0.1, -0.05) is 30.9 Å². The van der Waals surface area contributed by atoms with Gasteiger partial charge in [0.05, 0.1) is 0 Å². The Morgan fingerprint density at radius 2 is 2.00 bits per heavy atom. The molecule has 1 N–H and O–H groups in total. The van der Waals surface area contributed by atoms with Crippen LogP contribution in [0.4, 0.5) is 10.5 Å². The molecule has 3 rings (SSSR count). The second-order valence-corrected chi connectivity index (χ2v) is 6.87. The molecule has 1 aliphatic heterocycles. The summed E-state index contributed by atoms with van der Waals surface area (Å²) in [4.78, 5) is 14.4. The monoisotopic (exact) mass is 306 g/mol. The summed E-state index contributed by atoms with van der Waals surface area (Å²) in [6.45, 7) is 3.78. The molecule has 2 atom stereocenters. The van der Waals surface area contributed by atoms with Gasteiger partial charge >= 0.3 is 6.03 Å². The van der Waals surface area contributed by atoms with E-state index in [1.165, 1.54) is 25.7 Å². The third kappa shape index (κ3) is 3.34. The normalized spacial score (nSPS) is 25.3. The number of carbonyl (C=O) groups is 1. The molecule has 2 unspecified atom stereocenters. The van der Waals surface area contributed by atoms with Crippen LogP contribution in [-0.2, 0) is 0 Å². The van der Waals surface area contributed by atoms with Crippen LogP contribution in [0.1, 0.15) is 37.7 Å². The number of halogens is 1. The maximum Gasteiger partial charge on any atom is 0.321 e. The van der Waals surface area contributed by atoms with Crippen molar-refractivity contribution in [1.82, 2.24) is 4.90 Å². The van der Waals surface area contributed by atoms with Gasteiger partial charge in [0.1, 0.15) is 0 Å². The minimum atomic E-state index is 0.0319. The maximum atomic E-state index is 12.5. The molecule has 0 radical (unpaired) electrons. The summed E-state index contributed by atoms with van der Waals surface area (Å²) < 4.78 is 0. The number of nitrogens with one attached hydrogen (secondary N) is 1. The molecular formula is C17H23ClN2O. The van der Waals surface area contributed by atoms with Gasteiger partial charge in [-0.05, 0) is 55.4 Å². The Balaban J connectivity index is 1.63. The lowest BCUT2D eigenvalue weighted by Gasteiger charge is -2.41. The zero-order valence-corrected chi connectivity index (χ0v) is 13.3. The van der Waals surface area contributed by atoms with Crippen LogP contribution in [-0.4, -0.2) is 24.0 Å². The Hall–Kier alpha value is -1.22. The van der Waals surface area contributed by atoms with Gasteiger partial charge in [0.25, 0.3) is 0 Å². The SMILES string of the molecule is Cc1cc(Cl)ccc1NC(=O)N1CCC2CCCCC2C1. The Morgan fingerprint density at radius 1 is 1.24 bits per heavy atom. The number of piperidine rings is 1. The molecule has 2 aliphatic rings. The van der Waals surface area contributed by atoms with E-state index in [1.807, 2.05) is 30.0 Å². The highest BCUT2D eigenvalue weighted by Crippen LogP contribution is 2.36. The fraction of sp³-hybridized carbons (Fsp3) is 0.588. The molecule has 0 spiro atoms. The van der Waals surface area contributed by atoms with Crippen molar-refractivity contribution in [3.63, 3.8) is 0 Å². The van der Waals surface area contributed by atoms with Crippen LogP contribution in [0.2, 0.25) is 5.02 Å². The molecule has 114 valence electrons. The van der Waals surface area contributed by atoms with Crippen molar-refractivity contribution in [3.05, 3.63) is 28.8 Å². The number of nitrogens with zero attached hydrogens (tertiary/aromatic N) is 1. The molecular weight excluding hydrogens is 284 g/mol. The van der Waals surface area contributed by atoms with Gasteiger partial charge in [-0.15, -0.1) is 0 Å². The third-order valence-electron chi connectivity index (χ3n) is 5.01. The van der Waals surface area contributed by atoms with Crippen molar-refractivity contribution < 1.29 is 4.79 Å². The third-order valence-corrected chi connectivity index (χ3v) is 5.24. The average molecular weight is 307 g/mol. The number of anilines is 1. The number of urea groups is 1. The molecule has 0 bridgehead atoms. The molecule has 2 fully saturated rings. The minimum Gasteiger partial charge on any atom is -0.324 e. The van der Waals surface area contributed by atoms with Crippen LogP contribution in [0.3, 0.4) is 0 Å². The van der Waals surface area contributed by atoms with Crippen molar-refractivity contribution in [2.24, 2.45) is 11.8 Å². The largest absolute Gasteiger partial charge is 0.324 e. The molecule has 1 aliphatic carbocycles. The lowest BCUT2D eigenvalue weighted by atomic mass is 9.75. The van der Waals surface area contributed by atoms with E-state index in [-0.39, 0.29) is 6.03 Å². The lowest BCUT2D eigenvalue weighted by molar-refractivity contribution is 0.108. The van der Waals surface area contributed by atoms with Gasteiger partial charge in [0.2, 0.25) is 0 Å². The topological polar surface area (TPSA) is 32.3 Å². The molecule has 2 amide bonds. The van der Waals surface area contributed by atoms with Gasteiger partial charge in [0.15, 0.2) is 0 Å². The number of amides is 2. The second kappa shape index (κ2) is 6.27. The summed E-state index contributed by atoms with van der Waals surface area (Å²) >= 11 is 5.96. The molecule has 1 saturated heterocycles. The van der Waals surface area contributed by atoms with Gasteiger partial charge in [-0.2, -0.15) is 0 Å². The Labute approximate surface area is 131 Å². The minimum absolute atomic E-state index is 0.0319. The number of carbonyl (C=O) groups excluding carboxylic acids is 1. The first-order valence-corrected chi connectivity index (χ1v) is 8.33. The van der Waals surface area contributed by atoms with Crippen molar-refractivity contribution >= 4 is 23.3 Å². The van der Waals surface area contributed by atoms with E-state index in [4.69, 9.17) is 11.6 Å². The Bertz CT molecular complexity index is 532. The highest BCUT2D eigenvalue weighted by Gasteiger charge is 2.32. The standard InChI is InChI=1S/C17H23ClN2O/c1-12-10-15(18)6-7-16(12)19-17(21)20-9-8-13-4-2-3-5-14(13)11-20/h6-7,10,13-14H,2-5,8-9,11H2,1H3,(H,19,21). The highest BCUT2D eigenvalue weighted by atomic mass is 35.5. The van der Waals surface area contributed by atoms with Crippen molar-refractivity contribution in [2.45, 2.75) is 39.0 Å². The second-order valence-electron chi connectivity index (χ2n) is 6.43. The van der Waals surface area contributed by atoms with E-state index in [9.17, 15) is 4.79 Å². The average Bonchev–Trinajstić information content (AvgIpc) is 2.49. The quantitative estimate of drug-likeness (QED) is 0.802. The summed E-state index contributed by atoms with van der Waals surface area (Å²) in [5.41, 5.74) is 1.86. The summed E-state index contributed by atoms with van der Waals surface area (Å²) in [5.74, 6) is 1.56. The number of benzene rings is 1. The van der Waals surface area contributed by atoms with Crippen LogP contribution in [0.25, 0.3) is 0 Å². The van der Waals surface area contributed by atoms with Gasteiger partial charge in [-0.25, -0.2) is 4.79 Å². The number of rotatable bonds is 1. The first-order chi connectivity index (χ1) is 10.1. The van der Waals surface area contributed by atoms with Gasteiger partial charge in [-0.3, -0.25) is 0 Å². The number of aryl methyl sites for hydroxylation is 1. The fourth-order valence-electron chi connectivity index (χ4n) is 3.75. The van der Waals surface area contributed by atoms with E-state index in [0.29, 0.717) is 10.9 Å².